The Kier molecular flexibility index (Phi) is 10.4. The molecule has 4 nitrogen and oxygen atoms in total. The monoisotopic (exact) mass is 556 g/mol. The molecule has 0 N–H and O–H groups in total. The number of unbranched alkanes of at least 4 members (excludes halogenated alkanes) is 4. The van der Waals surface area contributed by atoms with Crippen molar-refractivity contribution >= 4 is 17.4 Å². The fraction of sp³-hybridized carbons (Fsp3) is 0.517. The predicted octanol–water partition coefficient (Wildman–Crippen LogP) is 7.09. The van der Waals surface area contributed by atoms with E-state index in [2.05, 4.69) is 11.8 Å². The first-order chi connectivity index (χ1) is 18.4. The van der Waals surface area contributed by atoms with Gasteiger partial charge in [0.25, 0.3) is 0 Å². The van der Waals surface area contributed by atoms with Crippen LogP contribution in [-0.4, -0.2) is 42.8 Å². The zero-order chi connectivity index (χ0) is 28.6. The van der Waals surface area contributed by atoms with Crippen molar-refractivity contribution in [2.75, 3.05) is 31.1 Å². The smallest absolute Gasteiger partial charge is 0.368 e. The Hall–Kier alpha value is -3.04. The van der Waals surface area contributed by atoms with Gasteiger partial charge in [0, 0.05) is 51.1 Å². The number of Topliss-reactive ketones (excluding diaryl/α,β-unsaturated/α-hetero) is 1. The van der Waals surface area contributed by atoms with E-state index in [4.69, 9.17) is 0 Å². The minimum atomic E-state index is -4.96. The second-order valence-corrected chi connectivity index (χ2v) is 10.0. The van der Waals surface area contributed by atoms with Crippen molar-refractivity contribution < 1.29 is 35.9 Å². The van der Waals surface area contributed by atoms with Crippen molar-refractivity contribution in [3.8, 4) is 0 Å². The quantitative estimate of drug-likeness (QED) is 0.219. The van der Waals surface area contributed by atoms with Gasteiger partial charge < -0.3 is 9.80 Å². The Morgan fingerprint density at radius 2 is 1.26 bits per heavy atom. The molecule has 0 saturated carbocycles. The Balaban J connectivity index is 1.52. The second kappa shape index (κ2) is 13.3. The van der Waals surface area contributed by atoms with Crippen molar-refractivity contribution in [1.82, 2.24) is 4.90 Å². The number of halogens is 6. The molecule has 0 aromatic heterocycles. The van der Waals surface area contributed by atoms with E-state index in [0.717, 1.165) is 24.9 Å². The van der Waals surface area contributed by atoms with Crippen molar-refractivity contribution in [3.05, 3.63) is 64.7 Å². The van der Waals surface area contributed by atoms with Gasteiger partial charge in [-0.25, -0.2) is 0 Å². The van der Waals surface area contributed by atoms with E-state index in [1.165, 1.54) is 12.8 Å². The number of anilines is 1. The lowest BCUT2D eigenvalue weighted by molar-refractivity contribution is -0.143. The van der Waals surface area contributed by atoms with Crippen LogP contribution in [0.25, 0.3) is 0 Å². The fourth-order valence-corrected chi connectivity index (χ4v) is 4.72. The molecule has 0 spiro atoms. The molecule has 0 atom stereocenters. The standard InChI is InChI=1S/C29H34F6N2O2/c1-2-3-4-5-6-7-27(39)37-14-12-36(13-15-37)25-10-8-21(9-11-25)18-26(38)19-22-16-23(28(30,31)32)20-24(17-22)29(33,34)35/h8-11,16-17,20H,2-7,12-15,18-19H2,1H3. The third-order valence-electron chi connectivity index (χ3n) is 6.88. The van der Waals surface area contributed by atoms with Crippen LogP contribution in [0.15, 0.2) is 42.5 Å². The van der Waals surface area contributed by atoms with Gasteiger partial charge in [0.1, 0.15) is 5.78 Å². The maximum Gasteiger partial charge on any atom is 0.416 e. The average Bonchev–Trinajstić information content (AvgIpc) is 2.88. The zero-order valence-electron chi connectivity index (χ0n) is 22.0. The number of hydrogen-bond acceptors (Lipinski definition) is 3. The summed E-state index contributed by atoms with van der Waals surface area (Å²) in [5.74, 6) is -0.305. The average molecular weight is 557 g/mol. The molecule has 2 aromatic carbocycles. The molecule has 1 fully saturated rings. The summed E-state index contributed by atoms with van der Waals surface area (Å²) < 4.78 is 78.5. The topological polar surface area (TPSA) is 40.6 Å². The lowest BCUT2D eigenvalue weighted by Gasteiger charge is -2.36. The number of benzene rings is 2. The maximum atomic E-state index is 13.1. The third-order valence-corrected chi connectivity index (χ3v) is 6.88. The van der Waals surface area contributed by atoms with Crippen LogP contribution in [0.2, 0.25) is 0 Å². The summed E-state index contributed by atoms with van der Waals surface area (Å²) in [7, 11) is 0. The van der Waals surface area contributed by atoms with Crippen LogP contribution in [-0.2, 0) is 34.8 Å². The van der Waals surface area contributed by atoms with Gasteiger partial charge in [-0.15, -0.1) is 0 Å². The molecule has 0 aliphatic carbocycles. The normalized spacial score (nSPS) is 14.5. The van der Waals surface area contributed by atoms with Crippen LogP contribution >= 0.6 is 0 Å². The van der Waals surface area contributed by atoms with Crippen LogP contribution in [0.3, 0.4) is 0 Å². The predicted molar refractivity (Wildman–Crippen MR) is 137 cm³/mol. The summed E-state index contributed by atoms with van der Waals surface area (Å²) in [5.41, 5.74) is -1.65. The highest BCUT2D eigenvalue weighted by molar-refractivity contribution is 5.83. The third kappa shape index (κ3) is 9.28. The Morgan fingerprint density at radius 3 is 1.79 bits per heavy atom. The van der Waals surface area contributed by atoms with E-state index >= 15 is 0 Å². The van der Waals surface area contributed by atoms with Crippen molar-refractivity contribution in [3.63, 3.8) is 0 Å². The molecule has 39 heavy (non-hydrogen) atoms. The van der Waals surface area contributed by atoms with Crippen molar-refractivity contribution in [2.24, 2.45) is 0 Å². The fourth-order valence-electron chi connectivity index (χ4n) is 4.72. The Labute approximate surface area is 225 Å². The number of rotatable bonds is 11. The highest BCUT2D eigenvalue weighted by Crippen LogP contribution is 2.36. The molecule has 1 amide bonds. The molecule has 1 aliphatic heterocycles. The first-order valence-electron chi connectivity index (χ1n) is 13.3. The van der Waals surface area contributed by atoms with Crippen LogP contribution in [0.5, 0.6) is 0 Å². The minimum Gasteiger partial charge on any atom is -0.368 e. The number of alkyl halides is 6. The summed E-state index contributed by atoms with van der Waals surface area (Å²) in [6.07, 6.45) is -4.49. The highest BCUT2D eigenvalue weighted by atomic mass is 19.4. The SMILES string of the molecule is CCCCCCCC(=O)N1CCN(c2ccc(CC(=O)Cc3cc(C(F)(F)F)cc(C(F)(F)F)c3)cc2)CC1. The first-order valence-corrected chi connectivity index (χ1v) is 13.3. The molecule has 1 aliphatic rings. The van der Waals surface area contributed by atoms with Gasteiger partial charge in [-0.1, -0.05) is 44.7 Å². The number of nitrogens with zero attached hydrogens (tertiary/aromatic N) is 2. The summed E-state index contributed by atoms with van der Waals surface area (Å²) in [4.78, 5) is 29.0. The van der Waals surface area contributed by atoms with Crippen LogP contribution in [0, 0.1) is 0 Å². The number of ketones is 1. The molecule has 0 radical (unpaired) electrons. The maximum absolute atomic E-state index is 13.1. The van der Waals surface area contributed by atoms with Gasteiger partial charge in [-0.2, -0.15) is 26.3 Å². The lowest BCUT2D eigenvalue weighted by Crippen LogP contribution is -2.48. The Bertz CT molecular complexity index is 1070. The zero-order valence-corrected chi connectivity index (χ0v) is 22.0. The summed E-state index contributed by atoms with van der Waals surface area (Å²) in [6.45, 7) is 4.77. The molecule has 214 valence electrons. The lowest BCUT2D eigenvalue weighted by atomic mass is 9.98. The second-order valence-electron chi connectivity index (χ2n) is 10.0. The first kappa shape index (κ1) is 30.5. The van der Waals surface area contributed by atoms with E-state index < -0.39 is 35.7 Å². The molecule has 1 saturated heterocycles. The van der Waals surface area contributed by atoms with E-state index in [1.54, 1.807) is 12.1 Å². The van der Waals surface area contributed by atoms with Crippen molar-refractivity contribution in [2.45, 2.75) is 70.6 Å². The van der Waals surface area contributed by atoms with Gasteiger partial charge in [-0.05, 0) is 47.9 Å². The molecule has 0 bridgehead atoms. The molecule has 3 rings (SSSR count). The summed E-state index contributed by atoms with van der Waals surface area (Å²) >= 11 is 0. The van der Waals surface area contributed by atoms with Crippen LogP contribution < -0.4 is 4.90 Å². The minimum absolute atomic E-state index is 0.0526. The van der Waals surface area contributed by atoms with Gasteiger partial charge in [0.15, 0.2) is 0 Å². The number of amides is 1. The van der Waals surface area contributed by atoms with Gasteiger partial charge in [0.2, 0.25) is 5.91 Å². The summed E-state index contributed by atoms with van der Waals surface area (Å²) in [6, 6.07) is 8.36. The number of piperazine rings is 1. The molecule has 1 heterocycles. The van der Waals surface area contributed by atoms with Crippen molar-refractivity contribution in [1.29, 1.82) is 0 Å². The van der Waals surface area contributed by atoms with Gasteiger partial charge in [0.05, 0.1) is 11.1 Å². The molecule has 10 heteroatoms. The van der Waals surface area contributed by atoms with E-state index in [1.807, 2.05) is 17.0 Å². The van der Waals surface area contributed by atoms with Crippen LogP contribution in [0.4, 0.5) is 32.0 Å². The molecule has 0 unspecified atom stereocenters. The van der Waals surface area contributed by atoms with Gasteiger partial charge >= 0.3 is 12.4 Å². The van der Waals surface area contributed by atoms with Crippen LogP contribution in [0.1, 0.15) is 67.7 Å². The number of carbonyl (C=O) groups is 2. The largest absolute Gasteiger partial charge is 0.416 e. The van der Waals surface area contributed by atoms with E-state index in [-0.39, 0.29) is 24.0 Å². The Morgan fingerprint density at radius 1 is 0.718 bits per heavy atom. The molecular weight excluding hydrogens is 522 g/mol. The number of hydrogen-bond donors (Lipinski definition) is 0. The molecular formula is C29H34F6N2O2. The number of carbonyl (C=O) groups excluding carboxylic acids is 2. The molecule has 2 aromatic rings. The van der Waals surface area contributed by atoms with E-state index in [9.17, 15) is 35.9 Å². The summed E-state index contributed by atoms with van der Waals surface area (Å²) in [5, 5.41) is 0. The van der Waals surface area contributed by atoms with E-state index in [0.29, 0.717) is 50.3 Å². The van der Waals surface area contributed by atoms with Gasteiger partial charge in [-0.3, -0.25) is 9.59 Å². The highest BCUT2D eigenvalue weighted by Gasteiger charge is 2.37.